The van der Waals surface area contributed by atoms with Crippen molar-refractivity contribution in [3.05, 3.63) is 0 Å². The second-order valence-electron chi connectivity index (χ2n) is 25.9. The molecule has 90 heavy (non-hydrogen) atoms. The summed E-state index contributed by atoms with van der Waals surface area (Å²) in [6.45, 7) is 44.6. The van der Waals surface area contributed by atoms with Crippen LogP contribution in [-0.4, -0.2) is 336 Å². The molecule has 0 aliphatic carbocycles. The zero-order chi connectivity index (χ0) is 66.0. The van der Waals surface area contributed by atoms with Crippen LogP contribution in [0.15, 0.2) is 0 Å². The van der Waals surface area contributed by atoms with Crippen molar-refractivity contribution in [2.45, 2.75) is 154 Å². The van der Waals surface area contributed by atoms with Crippen LogP contribution in [0.3, 0.4) is 0 Å². The highest BCUT2D eigenvalue weighted by atomic mass is 15.2. The number of hydrogen-bond donors (Lipinski definition) is 13. The molecular formula is C67H159N23. The SMILES string of the molecule is C[C@@H](CCN(CCCN(CCCN)CCCN)CCCN(CCCN)CCCN)N(CCCCNCCN(CCCN(CCCN)CCCN)CCCN(CCCN)CCCN)CCCN(CCCN(CCCN)CCCN)CCCN(CCCN)CCCN. The van der Waals surface area contributed by atoms with Gasteiger partial charge in [-0.2, -0.15) is 0 Å². The number of hydrogen-bond acceptors (Lipinski definition) is 23. The predicted octanol–water partition coefficient (Wildman–Crippen LogP) is 0.0711. The molecule has 0 saturated carbocycles. The van der Waals surface area contributed by atoms with Crippen LogP contribution in [0.1, 0.15) is 148 Å². The summed E-state index contributed by atoms with van der Waals surface area (Å²) in [7, 11) is 0. The van der Waals surface area contributed by atoms with Gasteiger partial charge in [-0.3, -0.25) is 0 Å². The van der Waals surface area contributed by atoms with Gasteiger partial charge in [-0.1, -0.05) is 0 Å². The van der Waals surface area contributed by atoms with E-state index in [9.17, 15) is 0 Å². The van der Waals surface area contributed by atoms with Crippen LogP contribution in [0.5, 0.6) is 0 Å². The van der Waals surface area contributed by atoms with Crippen molar-refractivity contribution in [3.8, 4) is 0 Å². The van der Waals surface area contributed by atoms with Crippen LogP contribution in [0, 0.1) is 0 Å². The van der Waals surface area contributed by atoms with Gasteiger partial charge in [-0.15, -0.1) is 0 Å². The first-order valence-corrected chi connectivity index (χ1v) is 37.5. The number of nitrogens with zero attached hydrogens (tertiary/aromatic N) is 10. The Labute approximate surface area is 556 Å². The molecule has 25 N–H and O–H groups in total. The zero-order valence-corrected chi connectivity index (χ0v) is 59.4. The maximum Gasteiger partial charge on any atom is 0.0107 e. The Hall–Kier alpha value is -0.920. The molecule has 0 heterocycles. The standard InChI is InChI=1S/C67H159N23/c1-67(23-65-88(58-18-52-83(42-8-28-72)43-9-29-73)59-19-53-84(44-10-30-74)45-11-31-75)90(64-22-62-87(56-16-50-81(38-4-24-68)39-5-25-69)57-17-51-82(40-6-26-70)41-7-27-71)63-3-2-36-80-37-66-89(60-20-54-85(46-12-32-76)47-13-33-77)61-21-55-86(48-14-34-78)49-15-35-79/h67,80H,2-66,68-79H2,1H3/t67-/m0/s1. The van der Waals surface area contributed by atoms with Crippen LogP contribution >= 0.6 is 0 Å². The second-order valence-corrected chi connectivity index (χ2v) is 25.9. The van der Waals surface area contributed by atoms with Crippen molar-refractivity contribution in [2.24, 2.45) is 68.8 Å². The summed E-state index contributed by atoms with van der Waals surface area (Å²) in [6.07, 6.45) is 23.9. The van der Waals surface area contributed by atoms with Crippen LogP contribution in [0.25, 0.3) is 0 Å². The minimum atomic E-state index is 0.471. The van der Waals surface area contributed by atoms with E-state index in [0.29, 0.717) is 6.04 Å². The van der Waals surface area contributed by atoms with E-state index in [4.69, 9.17) is 68.8 Å². The first-order chi connectivity index (χ1) is 44.1. The topological polar surface area (TPSA) is 357 Å². The van der Waals surface area contributed by atoms with Gasteiger partial charge in [0.2, 0.25) is 0 Å². The minimum absolute atomic E-state index is 0.471. The van der Waals surface area contributed by atoms with E-state index in [1.165, 1.54) is 12.8 Å². The van der Waals surface area contributed by atoms with Crippen LogP contribution in [0.4, 0.5) is 0 Å². The first-order valence-electron chi connectivity index (χ1n) is 37.5. The molecule has 23 heteroatoms. The smallest absolute Gasteiger partial charge is 0.0107 e. The monoisotopic (exact) mass is 1290 g/mol. The van der Waals surface area contributed by atoms with Gasteiger partial charge in [0, 0.05) is 19.1 Å². The molecule has 0 aromatic heterocycles. The van der Waals surface area contributed by atoms with E-state index < -0.39 is 0 Å². The fourth-order valence-corrected chi connectivity index (χ4v) is 12.4. The van der Waals surface area contributed by atoms with Gasteiger partial charge in [0.25, 0.3) is 0 Å². The summed E-state index contributed by atoms with van der Waals surface area (Å²) in [5, 5.41) is 3.91. The Morgan fingerprint density at radius 3 is 0.589 bits per heavy atom. The third-order valence-electron chi connectivity index (χ3n) is 17.9. The van der Waals surface area contributed by atoms with Gasteiger partial charge in [0.05, 0.1) is 0 Å². The normalized spacial score (nSPS) is 12.8. The average molecular weight is 1290 g/mol. The number of rotatable bonds is 76. The highest BCUT2D eigenvalue weighted by Gasteiger charge is 2.19. The maximum atomic E-state index is 6.00. The summed E-state index contributed by atoms with van der Waals surface area (Å²) in [5.74, 6) is 0. The Bertz CT molecular complexity index is 1260. The largest absolute Gasteiger partial charge is 0.330 e. The maximum absolute atomic E-state index is 6.00. The summed E-state index contributed by atoms with van der Waals surface area (Å²) in [6, 6.07) is 0.471. The predicted molar refractivity (Wildman–Crippen MR) is 392 cm³/mol. The molecule has 0 unspecified atom stereocenters. The fraction of sp³-hybridized carbons (Fsp3) is 1.00. The molecule has 0 radical (unpaired) electrons. The quantitative estimate of drug-likeness (QED) is 0.0358. The summed E-state index contributed by atoms with van der Waals surface area (Å²) in [4.78, 5) is 26.6. The Morgan fingerprint density at radius 1 is 0.189 bits per heavy atom. The lowest BCUT2D eigenvalue weighted by atomic mass is 10.1. The molecule has 0 aliphatic rings. The molecule has 23 nitrogen and oxygen atoms in total. The zero-order valence-electron chi connectivity index (χ0n) is 59.4. The highest BCUT2D eigenvalue weighted by Crippen LogP contribution is 2.13. The fourth-order valence-electron chi connectivity index (χ4n) is 12.4. The van der Waals surface area contributed by atoms with E-state index in [0.717, 1.165) is 410 Å². The summed E-state index contributed by atoms with van der Waals surface area (Å²) < 4.78 is 0. The first kappa shape index (κ1) is 89.1. The van der Waals surface area contributed by atoms with Gasteiger partial charge in [0.1, 0.15) is 0 Å². The van der Waals surface area contributed by atoms with Crippen LogP contribution in [-0.2, 0) is 0 Å². The van der Waals surface area contributed by atoms with E-state index >= 15 is 0 Å². The van der Waals surface area contributed by atoms with Gasteiger partial charge in [0.15, 0.2) is 0 Å². The molecule has 542 valence electrons. The van der Waals surface area contributed by atoms with Crippen LogP contribution < -0.4 is 74.1 Å². The highest BCUT2D eigenvalue weighted by molar-refractivity contribution is 4.76. The Balaban J connectivity index is 6.55. The average Bonchev–Trinajstić information content (AvgIpc) is 3.76. The molecule has 0 saturated heterocycles. The molecular weight excluding hydrogens is 1130 g/mol. The molecule has 0 rings (SSSR count). The lowest BCUT2D eigenvalue weighted by Gasteiger charge is -2.33. The van der Waals surface area contributed by atoms with Gasteiger partial charge >= 0.3 is 0 Å². The lowest BCUT2D eigenvalue weighted by molar-refractivity contribution is 0.150. The molecule has 0 aromatic carbocycles. The van der Waals surface area contributed by atoms with Crippen molar-refractivity contribution in [1.82, 2.24) is 54.3 Å². The molecule has 0 amide bonds. The third-order valence-corrected chi connectivity index (χ3v) is 17.9. The molecule has 0 fully saturated rings. The van der Waals surface area contributed by atoms with E-state index in [1.54, 1.807) is 0 Å². The summed E-state index contributed by atoms with van der Waals surface area (Å²) in [5.41, 5.74) is 71.8. The van der Waals surface area contributed by atoms with Crippen LogP contribution in [0.2, 0.25) is 0 Å². The van der Waals surface area contributed by atoms with Gasteiger partial charge in [-0.05, 0) is 417 Å². The molecule has 1 atom stereocenters. The Morgan fingerprint density at radius 2 is 0.367 bits per heavy atom. The van der Waals surface area contributed by atoms with Crippen molar-refractivity contribution in [2.75, 3.05) is 281 Å². The lowest BCUT2D eigenvalue weighted by Crippen LogP contribution is -2.41. The number of unbranched alkanes of at least 4 members (excludes halogenated alkanes) is 1. The summed E-state index contributed by atoms with van der Waals surface area (Å²) >= 11 is 0. The van der Waals surface area contributed by atoms with Gasteiger partial charge in [-0.25, -0.2) is 0 Å². The van der Waals surface area contributed by atoms with E-state index in [1.807, 2.05) is 0 Å². The van der Waals surface area contributed by atoms with Crippen molar-refractivity contribution < 1.29 is 0 Å². The number of nitrogens with two attached hydrogens (primary N) is 12. The van der Waals surface area contributed by atoms with Gasteiger partial charge < -0.3 is 123 Å². The molecule has 0 spiro atoms. The minimum Gasteiger partial charge on any atom is -0.330 e. The van der Waals surface area contributed by atoms with Crippen molar-refractivity contribution in [1.29, 1.82) is 0 Å². The molecule has 0 aromatic rings. The van der Waals surface area contributed by atoms with Crippen molar-refractivity contribution in [3.63, 3.8) is 0 Å². The number of nitrogens with one attached hydrogen (secondary N) is 1. The molecule has 0 bridgehead atoms. The second kappa shape index (κ2) is 69.4. The van der Waals surface area contributed by atoms with E-state index in [2.05, 4.69) is 61.2 Å². The molecule has 0 aliphatic heterocycles. The van der Waals surface area contributed by atoms with E-state index in [-0.39, 0.29) is 0 Å². The third kappa shape index (κ3) is 55.2. The van der Waals surface area contributed by atoms with Crippen molar-refractivity contribution >= 4 is 0 Å². The Kier molecular flexibility index (Phi) is 68.7.